The first kappa shape index (κ1) is 13.8. The summed E-state index contributed by atoms with van der Waals surface area (Å²) in [7, 11) is 1.77. The Morgan fingerprint density at radius 2 is 2.06 bits per heavy atom. The molecule has 17 heavy (non-hydrogen) atoms. The van der Waals surface area contributed by atoms with Gasteiger partial charge in [-0.05, 0) is 31.9 Å². The second-order valence-electron chi connectivity index (χ2n) is 4.14. The van der Waals surface area contributed by atoms with Gasteiger partial charge in [-0.2, -0.15) is 0 Å². The van der Waals surface area contributed by atoms with Crippen LogP contribution in [0.4, 0.5) is 0 Å². The molecule has 0 heterocycles. The topological polar surface area (TPSA) is 36.4 Å². The fraction of sp³-hybridized carbons (Fsp3) is 0.462. The lowest BCUT2D eigenvalue weighted by atomic mass is 10.1. The number of rotatable bonds is 4. The van der Waals surface area contributed by atoms with Gasteiger partial charge in [-0.25, -0.2) is 0 Å². The number of benzene rings is 1. The van der Waals surface area contributed by atoms with Crippen LogP contribution in [-0.4, -0.2) is 25.6 Å². The Bertz CT molecular complexity index is 375. The summed E-state index contributed by atoms with van der Waals surface area (Å²) in [4.78, 5) is 4.14. The maximum Gasteiger partial charge on any atom is 0.191 e. The van der Waals surface area contributed by atoms with Crippen molar-refractivity contribution in [2.75, 3.05) is 13.6 Å². The Morgan fingerprint density at radius 1 is 1.35 bits per heavy atom. The van der Waals surface area contributed by atoms with Crippen LogP contribution in [0.3, 0.4) is 0 Å². The fourth-order valence-electron chi connectivity index (χ4n) is 1.48. The monoisotopic (exact) mass is 253 g/mol. The quantitative estimate of drug-likeness (QED) is 0.639. The third-order valence-electron chi connectivity index (χ3n) is 2.29. The van der Waals surface area contributed by atoms with Crippen molar-refractivity contribution in [3.63, 3.8) is 0 Å². The number of hydrogen-bond acceptors (Lipinski definition) is 1. The smallest absolute Gasteiger partial charge is 0.191 e. The molecule has 0 amide bonds. The van der Waals surface area contributed by atoms with E-state index in [0.29, 0.717) is 6.04 Å². The largest absolute Gasteiger partial charge is 0.356 e. The van der Waals surface area contributed by atoms with E-state index in [2.05, 4.69) is 29.5 Å². The van der Waals surface area contributed by atoms with Crippen molar-refractivity contribution < 1.29 is 0 Å². The number of nitrogens with one attached hydrogen (secondary N) is 2. The second-order valence-corrected chi connectivity index (χ2v) is 4.55. The van der Waals surface area contributed by atoms with Crippen molar-refractivity contribution in [1.29, 1.82) is 0 Å². The summed E-state index contributed by atoms with van der Waals surface area (Å²) < 4.78 is 0. The highest BCUT2D eigenvalue weighted by atomic mass is 35.5. The summed E-state index contributed by atoms with van der Waals surface area (Å²) in [5.74, 6) is 0.826. The molecule has 1 aromatic rings. The standard InChI is InChI=1S/C13H20ClN3/c1-10(2)17-13(15-3)16-9-8-11-6-4-5-7-12(11)14/h4-7,10H,8-9H2,1-3H3,(H2,15,16,17). The van der Waals surface area contributed by atoms with Crippen molar-refractivity contribution in [2.24, 2.45) is 4.99 Å². The van der Waals surface area contributed by atoms with Crippen LogP contribution in [0.1, 0.15) is 19.4 Å². The molecule has 3 nitrogen and oxygen atoms in total. The molecule has 0 spiro atoms. The van der Waals surface area contributed by atoms with Crippen LogP contribution in [0.2, 0.25) is 5.02 Å². The highest BCUT2D eigenvalue weighted by molar-refractivity contribution is 6.31. The van der Waals surface area contributed by atoms with E-state index in [1.165, 1.54) is 0 Å². The summed E-state index contributed by atoms with van der Waals surface area (Å²) in [6.07, 6.45) is 0.887. The molecule has 0 saturated carbocycles. The summed E-state index contributed by atoms with van der Waals surface area (Å²) in [6, 6.07) is 8.28. The predicted molar refractivity (Wildman–Crippen MR) is 74.8 cm³/mol. The Hall–Kier alpha value is -1.22. The van der Waals surface area contributed by atoms with Crippen molar-refractivity contribution in [3.8, 4) is 0 Å². The molecule has 0 aromatic heterocycles. The normalized spacial score (nSPS) is 11.7. The van der Waals surface area contributed by atoms with Gasteiger partial charge in [0, 0.05) is 24.7 Å². The first-order valence-electron chi connectivity index (χ1n) is 5.84. The number of hydrogen-bond donors (Lipinski definition) is 2. The minimum Gasteiger partial charge on any atom is -0.356 e. The lowest BCUT2D eigenvalue weighted by molar-refractivity contribution is 0.698. The molecule has 0 aliphatic carbocycles. The molecule has 0 aliphatic rings. The van der Waals surface area contributed by atoms with E-state index >= 15 is 0 Å². The molecule has 0 saturated heterocycles. The minimum absolute atomic E-state index is 0.376. The van der Waals surface area contributed by atoms with E-state index in [1.54, 1.807) is 7.05 Å². The predicted octanol–water partition coefficient (Wildman–Crippen LogP) is 2.46. The van der Waals surface area contributed by atoms with E-state index in [1.807, 2.05) is 24.3 Å². The second kappa shape index (κ2) is 7.17. The molecule has 0 radical (unpaired) electrons. The first-order valence-corrected chi connectivity index (χ1v) is 6.22. The van der Waals surface area contributed by atoms with Crippen molar-refractivity contribution >= 4 is 17.6 Å². The Kier molecular flexibility index (Phi) is 5.84. The van der Waals surface area contributed by atoms with Gasteiger partial charge in [0.05, 0.1) is 0 Å². The van der Waals surface area contributed by atoms with Crippen molar-refractivity contribution in [1.82, 2.24) is 10.6 Å². The minimum atomic E-state index is 0.376. The number of guanidine groups is 1. The maximum atomic E-state index is 6.08. The van der Waals surface area contributed by atoms with Gasteiger partial charge in [0.1, 0.15) is 0 Å². The maximum absolute atomic E-state index is 6.08. The zero-order valence-electron chi connectivity index (χ0n) is 10.6. The van der Waals surface area contributed by atoms with Gasteiger partial charge in [0.2, 0.25) is 0 Å². The van der Waals surface area contributed by atoms with Gasteiger partial charge in [-0.3, -0.25) is 4.99 Å². The Morgan fingerprint density at radius 3 is 2.65 bits per heavy atom. The van der Waals surface area contributed by atoms with E-state index in [-0.39, 0.29) is 0 Å². The van der Waals surface area contributed by atoms with Gasteiger partial charge in [0.15, 0.2) is 5.96 Å². The first-order chi connectivity index (χ1) is 8.13. The zero-order valence-corrected chi connectivity index (χ0v) is 11.4. The summed E-state index contributed by atoms with van der Waals surface area (Å²) in [6.45, 7) is 4.98. The van der Waals surface area contributed by atoms with Crippen LogP contribution in [0.15, 0.2) is 29.3 Å². The van der Waals surface area contributed by atoms with Gasteiger partial charge in [-0.15, -0.1) is 0 Å². The number of aliphatic imine (C=N–C) groups is 1. The molecule has 0 atom stereocenters. The van der Waals surface area contributed by atoms with Crippen LogP contribution in [0, 0.1) is 0 Å². The van der Waals surface area contributed by atoms with Crippen LogP contribution in [-0.2, 0) is 6.42 Å². The molecule has 4 heteroatoms. The van der Waals surface area contributed by atoms with E-state index in [9.17, 15) is 0 Å². The Labute approximate surface area is 108 Å². The summed E-state index contributed by atoms with van der Waals surface area (Å²) in [5.41, 5.74) is 1.15. The molecular formula is C13H20ClN3. The van der Waals surface area contributed by atoms with Crippen molar-refractivity contribution in [3.05, 3.63) is 34.9 Å². The molecule has 2 N–H and O–H groups in total. The average Bonchev–Trinajstić information content (AvgIpc) is 2.29. The van der Waals surface area contributed by atoms with E-state index in [4.69, 9.17) is 11.6 Å². The highest BCUT2D eigenvalue weighted by Crippen LogP contribution is 2.14. The molecule has 0 aliphatic heterocycles. The lowest BCUT2D eigenvalue weighted by Gasteiger charge is -2.14. The fourth-order valence-corrected chi connectivity index (χ4v) is 1.72. The van der Waals surface area contributed by atoms with Crippen LogP contribution in [0.25, 0.3) is 0 Å². The van der Waals surface area contributed by atoms with Gasteiger partial charge < -0.3 is 10.6 Å². The van der Waals surface area contributed by atoms with Crippen LogP contribution in [0.5, 0.6) is 0 Å². The van der Waals surface area contributed by atoms with Gasteiger partial charge >= 0.3 is 0 Å². The Balaban J connectivity index is 2.39. The highest BCUT2D eigenvalue weighted by Gasteiger charge is 2.01. The molecule has 0 unspecified atom stereocenters. The lowest BCUT2D eigenvalue weighted by Crippen LogP contribution is -2.41. The SMILES string of the molecule is CN=C(NCCc1ccccc1Cl)NC(C)C. The van der Waals surface area contributed by atoms with Gasteiger partial charge in [0.25, 0.3) is 0 Å². The van der Waals surface area contributed by atoms with E-state index in [0.717, 1.165) is 29.5 Å². The molecule has 0 bridgehead atoms. The number of halogens is 1. The molecule has 1 aromatic carbocycles. The summed E-state index contributed by atoms with van der Waals surface area (Å²) >= 11 is 6.08. The third-order valence-corrected chi connectivity index (χ3v) is 2.66. The van der Waals surface area contributed by atoms with Crippen LogP contribution < -0.4 is 10.6 Å². The average molecular weight is 254 g/mol. The van der Waals surface area contributed by atoms with E-state index < -0.39 is 0 Å². The molecule has 94 valence electrons. The molecule has 0 fully saturated rings. The number of nitrogens with zero attached hydrogens (tertiary/aromatic N) is 1. The zero-order chi connectivity index (χ0) is 12.7. The summed E-state index contributed by atoms with van der Waals surface area (Å²) in [5, 5.41) is 7.31. The van der Waals surface area contributed by atoms with Gasteiger partial charge in [-0.1, -0.05) is 29.8 Å². The third kappa shape index (κ3) is 5.09. The molecule has 1 rings (SSSR count). The van der Waals surface area contributed by atoms with Crippen LogP contribution >= 0.6 is 11.6 Å². The molecular weight excluding hydrogens is 234 g/mol. The van der Waals surface area contributed by atoms with Crippen molar-refractivity contribution in [2.45, 2.75) is 26.3 Å².